The molecule has 102 valence electrons. The van der Waals surface area contributed by atoms with E-state index >= 15 is 0 Å². The predicted molar refractivity (Wildman–Crippen MR) is 73.5 cm³/mol. The Hall–Kier alpha value is -1.36. The van der Waals surface area contributed by atoms with E-state index in [0.717, 1.165) is 44.1 Å². The number of aromatic amines is 1. The summed E-state index contributed by atoms with van der Waals surface area (Å²) in [5.74, 6) is 3.68. The summed E-state index contributed by atoms with van der Waals surface area (Å²) in [6.45, 7) is 5.49. The number of aromatic nitrogens is 2. The van der Waals surface area contributed by atoms with Crippen LogP contribution in [0.5, 0.6) is 0 Å². The molecule has 0 spiro atoms. The fraction of sp³-hybridized carbons (Fsp3) is 0.714. The van der Waals surface area contributed by atoms with E-state index < -0.39 is 0 Å². The Morgan fingerprint density at radius 1 is 1.37 bits per heavy atom. The average Bonchev–Trinajstić information content (AvgIpc) is 3.05. The molecule has 1 aromatic heterocycles. The summed E-state index contributed by atoms with van der Waals surface area (Å²) in [4.78, 5) is 21.7. The Bertz CT molecular complexity index is 551. The maximum Gasteiger partial charge on any atom is 0.252 e. The van der Waals surface area contributed by atoms with Gasteiger partial charge in [0.05, 0.1) is 0 Å². The molecule has 5 heteroatoms. The Morgan fingerprint density at radius 3 is 2.95 bits per heavy atom. The van der Waals surface area contributed by atoms with Crippen molar-refractivity contribution in [2.24, 2.45) is 11.8 Å². The second-order valence-electron chi connectivity index (χ2n) is 6.24. The molecule has 0 radical (unpaired) electrons. The fourth-order valence-corrected chi connectivity index (χ4v) is 3.63. The van der Waals surface area contributed by atoms with Crippen molar-refractivity contribution in [2.45, 2.75) is 31.7 Å². The molecule has 0 amide bonds. The number of hydrogen-bond acceptors (Lipinski definition) is 4. The van der Waals surface area contributed by atoms with Gasteiger partial charge in [-0.1, -0.05) is 0 Å². The Labute approximate surface area is 112 Å². The van der Waals surface area contributed by atoms with E-state index in [9.17, 15) is 4.79 Å². The van der Waals surface area contributed by atoms with Crippen LogP contribution in [0.15, 0.2) is 10.9 Å². The highest BCUT2D eigenvalue weighted by atomic mass is 16.1. The van der Waals surface area contributed by atoms with Gasteiger partial charge in [-0.05, 0) is 31.6 Å². The number of nitrogens with zero attached hydrogens (tertiary/aromatic N) is 2. The number of fused-ring (bicyclic) bond motifs is 1. The molecule has 0 aromatic carbocycles. The maximum atomic E-state index is 11.8. The zero-order valence-electron chi connectivity index (χ0n) is 11.2. The lowest BCUT2D eigenvalue weighted by atomic mass is 9.95. The van der Waals surface area contributed by atoms with E-state index in [1.807, 2.05) is 0 Å². The van der Waals surface area contributed by atoms with Crippen LogP contribution in [0.4, 0.5) is 5.82 Å². The van der Waals surface area contributed by atoms with Gasteiger partial charge in [0.2, 0.25) is 0 Å². The molecule has 4 rings (SSSR count). The zero-order chi connectivity index (χ0) is 13.0. The summed E-state index contributed by atoms with van der Waals surface area (Å²) in [5, 5.41) is 3.46. The fourth-order valence-electron chi connectivity index (χ4n) is 3.63. The van der Waals surface area contributed by atoms with Gasteiger partial charge in [0.1, 0.15) is 11.6 Å². The lowest BCUT2D eigenvalue weighted by molar-refractivity contribution is 0.471. The van der Waals surface area contributed by atoms with Crippen molar-refractivity contribution >= 4 is 5.82 Å². The normalized spacial score (nSPS) is 33.7. The highest BCUT2D eigenvalue weighted by Gasteiger charge is 2.42. The predicted octanol–water partition coefficient (Wildman–Crippen LogP) is 0.691. The van der Waals surface area contributed by atoms with E-state index in [4.69, 9.17) is 4.98 Å². The zero-order valence-corrected chi connectivity index (χ0v) is 11.2. The second-order valence-corrected chi connectivity index (χ2v) is 6.24. The molecule has 2 aliphatic heterocycles. The van der Waals surface area contributed by atoms with Gasteiger partial charge in [-0.15, -0.1) is 0 Å². The topological polar surface area (TPSA) is 61.0 Å². The summed E-state index contributed by atoms with van der Waals surface area (Å²) >= 11 is 0. The molecule has 3 atom stereocenters. The Balaban J connectivity index is 1.67. The molecule has 3 aliphatic rings. The van der Waals surface area contributed by atoms with Crippen LogP contribution in [0.1, 0.15) is 31.5 Å². The van der Waals surface area contributed by atoms with E-state index in [2.05, 4.69) is 22.1 Å². The molecule has 3 fully saturated rings. The quantitative estimate of drug-likeness (QED) is 0.821. The van der Waals surface area contributed by atoms with Gasteiger partial charge in [0.15, 0.2) is 0 Å². The summed E-state index contributed by atoms with van der Waals surface area (Å²) in [6, 6.07) is 2.14. The third-order valence-electron chi connectivity index (χ3n) is 4.94. The van der Waals surface area contributed by atoms with Crippen LogP contribution in [0.2, 0.25) is 0 Å². The van der Waals surface area contributed by atoms with Gasteiger partial charge in [-0.3, -0.25) is 4.79 Å². The van der Waals surface area contributed by atoms with Crippen LogP contribution in [0, 0.1) is 11.8 Å². The molecule has 1 aromatic rings. The van der Waals surface area contributed by atoms with Crippen LogP contribution in [0.3, 0.4) is 0 Å². The van der Waals surface area contributed by atoms with Gasteiger partial charge in [-0.2, -0.15) is 0 Å². The minimum absolute atomic E-state index is 0.00529. The van der Waals surface area contributed by atoms with E-state index in [-0.39, 0.29) is 5.56 Å². The van der Waals surface area contributed by atoms with Crippen molar-refractivity contribution in [1.29, 1.82) is 0 Å². The highest BCUT2D eigenvalue weighted by Crippen LogP contribution is 2.39. The van der Waals surface area contributed by atoms with Gasteiger partial charge in [-0.25, -0.2) is 4.98 Å². The van der Waals surface area contributed by atoms with Gasteiger partial charge < -0.3 is 15.2 Å². The van der Waals surface area contributed by atoms with Gasteiger partial charge in [0, 0.05) is 37.7 Å². The first-order chi connectivity index (χ1) is 9.22. The average molecular weight is 260 g/mol. The first-order valence-electron chi connectivity index (χ1n) is 7.31. The van der Waals surface area contributed by atoms with Crippen LogP contribution in [-0.2, 0) is 0 Å². The van der Waals surface area contributed by atoms with Crippen molar-refractivity contribution in [3.63, 3.8) is 0 Å². The standard InChI is InChI=1S/C14H20N4O/c1-8-11-6-15-5-10(11)7-18(8)12-4-13(19)17-14(16-12)9-2-3-9/h4,8-11,15H,2-3,5-7H2,1H3,(H,16,17,19). The lowest BCUT2D eigenvalue weighted by Crippen LogP contribution is -2.34. The molecule has 19 heavy (non-hydrogen) atoms. The van der Waals surface area contributed by atoms with Crippen LogP contribution >= 0.6 is 0 Å². The first-order valence-corrected chi connectivity index (χ1v) is 7.31. The minimum atomic E-state index is -0.00529. The van der Waals surface area contributed by atoms with Crippen LogP contribution in [0.25, 0.3) is 0 Å². The second kappa shape index (κ2) is 4.07. The Kier molecular flexibility index (Phi) is 2.45. The summed E-state index contributed by atoms with van der Waals surface area (Å²) < 4.78 is 0. The number of rotatable bonds is 2. The lowest BCUT2D eigenvalue weighted by Gasteiger charge is -2.25. The number of H-pyrrole nitrogens is 1. The van der Waals surface area contributed by atoms with Crippen molar-refractivity contribution in [2.75, 3.05) is 24.5 Å². The third kappa shape index (κ3) is 1.87. The molecule has 5 nitrogen and oxygen atoms in total. The van der Waals surface area contributed by atoms with Crippen LogP contribution in [-0.4, -0.2) is 35.6 Å². The molecular weight excluding hydrogens is 240 g/mol. The minimum Gasteiger partial charge on any atom is -0.353 e. The molecular formula is C14H20N4O. The van der Waals surface area contributed by atoms with E-state index in [1.54, 1.807) is 6.07 Å². The maximum absolute atomic E-state index is 11.8. The van der Waals surface area contributed by atoms with Gasteiger partial charge in [0.25, 0.3) is 5.56 Å². The molecule has 3 unspecified atom stereocenters. The number of hydrogen-bond donors (Lipinski definition) is 2. The highest BCUT2D eigenvalue weighted by molar-refractivity contribution is 5.42. The summed E-state index contributed by atoms with van der Waals surface area (Å²) in [5.41, 5.74) is -0.00529. The van der Waals surface area contributed by atoms with Crippen molar-refractivity contribution in [3.05, 3.63) is 22.2 Å². The van der Waals surface area contributed by atoms with Crippen molar-refractivity contribution in [3.8, 4) is 0 Å². The van der Waals surface area contributed by atoms with Gasteiger partial charge >= 0.3 is 0 Å². The molecule has 3 heterocycles. The van der Waals surface area contributed by atoms with Crippen LogP contribution < -0.4 is 15.8 Å². The third-order valence-corrected chi connectivity index (χ3v) is 4.94. The molecule has 2 N–H and O–H groups in total. The van der Waals surface area contributed by atoms with E-state index in [0.29, 0.717) is 23.8 Å². The largest absolute Gasteiger partial charge is 0.353 e. The first kappa shape index (κ1) is 11.5. The molecule has 1 saturated carbocycles. The molecule has 0 bridgehead atoms. The Morgan fingerprint density at radius 2 is 2.21 bits per heavy atom. The molecule has 1 aliphatic carbocycles. The summed E-state index contributed by atoms with van der Waals surface area (Å²) in [7, 11) is 0. The molecule has 2 saturated heterocycles. The monoisotopic (exact) mass is 260 g/mol. The smallest absolute Gasteiger partial charge is 0.252 e. The van der Waals surface area contributed by atoms with E-state index in [1.165, 1.54) is 0 Å². The van der Waals surface area contributed by atoms with Crippen molar-refractivity contribution in [1.82, 2.24) is 15.3 Å². The number of anilines is 1. The van der Waals surface area contributed by atoms with Crippen molar-refractivity contribution < 1.29 is 0 Å². The SMILES string of the molecule is CC1C2CNCC2CN1c1cc(=O)[nH]c(C2CC2)n1. The summed E-state index contributed by atoms with van der Waals surface area (Å²) in [6.07, 6.45) is 2.33. The number of nitrogens with one attached hydrogen (secondary N) is 2.